The van der Waals surface area contributed by atoms with E-state index < -0.39 is 33.0 Å². The monoisotopic (exact) mass is 590 g/mol. The second-order valence-corrected chi connectivity index (χ2v) is 8.77. The third-order valence-electron chi connectivity index (χ3n) is 3.28. The molecule has 0 saturated carbocycles. The molecule has 0 aromatic heterocycles. The predicted octanol–water partition coefficient (Wildman–Crippen LogP) is -9.23. The molecule has 0 aromatic carbocycles. The Kier molecular flexibility index (Phi) is 74.4. The van der Waals surface area contributed by atoms with Gasteiger partial charge in [-0.15, -0.1) is 0 Å². The van der Waals surface area contributed by atoms with E-state index in [1.165, 1.54) is 70.6 Å². The van der Waals surface area contributed by atoms with Gasteiger partial charge in [0.05, 0.1) is 0 Å². The summed E-state index contributed by atoms with van der Waals surface area (Å²) in [5, 5.41) is 8.61. The molecule has 0 bridgehead atoms. The third kappa shape index (κ3) is 72.3. The summed E-state index contributed by atoms with van der Waals surface area (Å²) >= 11 is 0. The summed E-state index contributed by atoms with van der Waals surface area (Å²) in [7, 11) is -12.9. The van der Waals surface area contributed by atoms with Gasteiger partial charge in [-0.2, -0.15) is 0 Å². The molecule has 4 atom stereocenters. The number of aliphatic hydroxyl groups is 1. The van der Waals surface area contributed by atoms with Crippen molar-refractivity contribution in [2.24, 2.45) is 0 Å². The average molecular weight is 590 g/mol. The van der Waals surface area contributed by atoms with E-state index in [4.69, 9.17) is 5.11 Å². The van der Waals surface area contributed by atoms with Gasteiger partial charge in [0.15, 0.2) is 0 Å². The molecular weight excluding hydrogens is 560 g/mol. The number of hydrogen-bond donors (Lipinski definition) is 1. The van der Waals surface area contributed by atoms with Gasteiger partial charge in [0.2, 0.25) is 0 Å². The molecule has 19 heteroatoms. The van der Waals surface area contributed by atoms with Crippen molar-refractivity contribution in [1.82, 2.24) is 0 Å². The number of aliphatic hydroxyl groups excluding tert-OH is 1. The van der Waals surface area contributed by atoms with Crippen molar-refractivity contribution in [2.75, 3.05) is 6.61 Å². The van der Waals surface area contributed by atoms with Gasteiger partial charge in [0, 0.05) is 6.61 Å². The van der Waals surface area contributed by atoms with Gasteiger partial charge >= 0.3 is 151 Å². The summed E-state index contributed by atoms with van der Waals surface area (Å²) < 4.78 is 43.3. The molecule has 4 unspecified atom stereocenters. The molecule has 33 heavy (non-hydrogen) atoms. The first-order valence-electron chi connectivity index (χ1n) is 9.21. The maximum atomic E-state index is 9.24. The van der Waals surface area contributed by atoms with Crippen molar-refractivity contribution in [3.63, 3.8) is 0 Å². The van der Waals surface area contributed by atoms with Crippen molar-refractivity contribution in [1.29, 1.82) is 0 Å². The van der Waals surface area contributed by atoms with Gasteiger partial charge in [-0.25, -0.2) is 0 Å². The van der Waals surface area contributed by atoms with Gasteiger partial charge in [-0.1, -0.05) is 77.6 Å². The van der Waals surface area contributed by atoms with Gasteiger partial charge in [-0.05, 0) is 24.7 Å². The van der Waals surface area contributed by atoms with E-state index >= 15 is 0 Å². The van der Waals surface area contributed by atoms with Crippen LogP contribution in [0.1, 0.15) is 84.0 Å². The van der Waals surface area contributed by atoms with Gasteiger partial charge in [0.1, 0.15) is 8.62 Å². The van der Waals surface area contributed by atoms with Crippen LogP contribution >= 0.6 is 33.0 Å². The van der Waals surface area contributed by atoms with E-state index in [0.717, 1.165) is 6.42 Å². The van der Waals surface area contributed by atoms with Crippen LogP contribution in [-0.2, 0) is 26.9 Å². The molecule has 0 amide bonds. The van der Waals surface area contributed by atoms with E-state index in [0.29, 0.717) is 6.61 Å². The van der Waals surface area contributed by atoms with Gasteiger partial charge in [0.25, 0.3) is 0 Å². The molecule has 0 heterocycles. The van der Waals surface area contributed by atoms with Crippen LogP contribution in [-0.4, -0.2) is 11.7 Å². The Morgan fingerprint density at radius 2 is 0.727 bits per heavy atom. The van der Waals surface area contributed by atoms with Crippen molar-refractivity contribution in [2.45, 2.75) is 84.0 Å². The van der Waals surface area contributed by atoms with Crippen LogP contribution in [0.2, 0.25) is 0 Å². The van der Waals surface area contributed by atoms with Crippen LogP contribution in [0.3, 0.4) is 0 Å². The molecule has 0 aliphatic carbocycles. The summed E-state index contributed by atoms with van der Waals surface area (Å²) in [6.07, 6.45) is 16.2. The van der Waals surface area contributed by atoms with Crippen LogP contribution in [0.25, 0.3) is 0 Å². The second kappa shape index (κ2) is 46.0. The molecular formula is C14H30Na4O11P4+4. The topological polar surface area (TPSA) is 199 Å². The van der Waals surface area contributed by atoms with Crippen LogP contribution < -0.4 is 138 Å². The van der Waals surface area contributed by atoms with Crippen molar-refractivity contribution < 1.29 is 170 Å². The Hall–Kier alpha value is 4.12. The van der Waals surface area contributed by atoms with E-state index in [-0.39, 0.29) is 118 Å². The van der Waals surface area contributed by atoms with Crippen molar-refractivity contribution in [3.8, 4) is 0 Å². The van der Waals surface area contributed by atoms with Crippen LogP contribution in [0.15, 0.2) is 0 Å². The Balaban J connectivity index is -0.0000000644. The molecule has 0 radical (unpaired) electrons. The maximum Gasteiger partial charge on any atom is 1.00 e. The SMILES string of the molecule is CCCCCCCCCCCCCCO.O=[P+]([O-])O[P+](=O)[O-].O=[P+]([O-])O[P+](=O)[O-].[Na+].[Na+].[Na+].[Na+]. The molecule has 0 spiro atoms. The molecule has 0 rings (SSSR count). The van der Waals surface area contributed by atoms with E-state index in [1.807, 2.05) is 0 Å². The summed E-state index contributed by atoms with van der Waals surface area (Å²) in [5.41, 5.74) is 0. The summed E-state index contributed by atoms with van der Waals surface area (Å²) in [6, 6.07) is 0. The number of hydrogen-bond acceptors (Lipinski definition) is 11. The van der Waals surface area contributed by atoms with Gasteiger partial charge < -0.3 is 24.7 Å². The second-order valence-electron chi connectivity index (χ2n) is 5.67. The Labute approximate surface area is 289 Å². The third-order valence-corrected chi connectivity index (χ3v) is 5.41. The molecule has 0 fully saturated rings. The summed E-state index contributed by atoms with van der Waals surface area (Å²) in [5.74, 6) is 0. The van der Waals surface area contributed by atoms with E-state index in [1.54, 1.807) is 0 Å². The first-order valence-corrected chi connectivity index (χ1v) is 13.6. The Morgan fingerprint density at radius 1 is 0.515 bits per heavy atom. The van der Waals surface area contributed by atoms with E-state index in [2.05, 4.69) is 15.5 Å². The summed E-state index contributed by atoms with van der Waals surface area (Å²) in [4.78, 5) is 37.0. The number of unbranched alkanes of at least 4 members (excludes halogenated alkanes) is 11. The first kappa shape index (κ1) is 53.4. The molecule has 0 saturated heterocycles. The quantitative estimate of drug-likeness (QED) is 0.102. The molecule has 0 aromatic rings. The normalized spacial score (nSPS) is 10.6. The minimum absolute atomic E-state index is 0. The minimum Gasteiger partial charge on any atom is -0.563 e. The smallest absolute Gasteiger partial charge is 0.563 e. The number of rotatable bonds is 16. The summed E-state index contributed by atoms with van der Waals surface area (Å²) in [6.45, 7) is 2.64. The molecule has 0 aliphatic rings. The molecule has 1 N–H and O–H groups in total. The Morgan fingerprint density at radius 3 is 0.879 bits per heavy atom. The van der Waals surface area contributed by atoms with Gasteiger partial charge in [-0.3, -0.25) is 0 Å². The minimum atomic E-state index is -3.24. The van der Waals surface area contributed by atoms with Crippen LogP contribution in [0.4, 0.5) is 0 Å². The fourth-order valence-corrected chi connectivity index (χ4v) is 2.93. The van der Waals surface area contributed by atoms with Crippen molar-refractivity contribution >= 4 is 33.0 Å². The first-order chi connectivity index (χ1) is 13.7. The fraction of sp³-hybridized carbons (Fsp3) is 1.00. The van der Waals surface area contributed by atoms with Crippen LogP contribution in [0, 0.1) is 0 Å². The van der Waals surface area contributed by atoms with E-state index in [9.17, 15) is 37.8 Å². The Bertz CT molecular complexity index is 393. The maximum absolute atomic E-state index is 9.24. The zero-order valence-electron chi connectivity index (χ0n) is 20.5. The zero-order valence-corrected chi connectivity index (χ0v) is 32.1. The van der Waals surface area contributed by atoms with Crippen LogP contribution in [0.5, 0.6) is 0 Å². The molecule has 172 valence electrons. The molecule has 11 nitrogen and oxygen atoms in total. The standard InChI is InChI=1S/C14H30O.4Na.2O5P2/c1-2-3-4-5-6-7-8-9-10-11-12-13-14-15;;;;;2*1-6(2)5-7(3)4/h15H,2-14H2,1H3;;;;;;/q;4*+1;;. The van der Waals surface area contributed by atoms with Crippen molar-refractivity contribution in [3.05, 3.63) is 0 Å². The average Bonchev–Trinajstić information content (AvgIpc) is 2.58. The predicted molar refractivity (Wildman–Crippen MR) is 101 cm³/mol. The molecule has 0 aliphatic heterocycles. The largest absolute Gasteiger partial charge is 1.00 e. The fourth-order valence-electron chi connectivity index (χ4n) is 2.06. The zero-order chi connectivity index (χ0) is 22.9.